The van der Waals surface area contributed by atoms with Crippen LogP contribution in [0.1, 0.15) is 49.2 Å². The highest BCUT2D eigenvalue weighted by Crippen LogP contribution is 2.21. The summed E-state index contributed by atoms with van der Waals surface area (Å²) in [5, 5.41) is 0. The van der Waals surface area contributed by atoms with E-state index in [1.807, 2.05) is 17.9 Å². The second kappa shape index (κ2) is 6.70. The van der Waals surface area contributed by atoms with Gasteiger partial charge in [0.05, 0.1) is 0 Å². The van der Waals surface area contributed by atoms with E-state index in [1.165, 1.54) is 6.42 Å². The molecule has 1 amide bonds. The molecule has 3 N–H and O–H groups in total. The Morgan fingerprint density at radius 1 is 1.50 bits per heavy atom. The number of nitrogens with two attached hydrogens (primary N) is 1. The predicted octanol–water partition coefficient (Wildman–Crippen LogP) is 2.19. The molecule has 1 aliphatic heterocycles. The number of nitrogens with zero attached hydrogens (tertiary/aromatic N) is 2. The number of aromatic nitrogens is 1. The van der Waals surface area contributed by atoms with E-state index in [-0.39, 0.29) is 5.91 Å². The first kappa shape index (κ1) is 14.8. The average molecular weight is 276 g/mol. The molecule has 2 heterocycles. The number of likely N-dealkylation sites (tertiary alicyclic amines) is 1. The Kier molecular flexibility index (Phi) is 4.95. The minimum atomic E-state index is 0.0942. The van der Waals surface area contributed by atoms with Gasteiger partial charge in [-0.3, -0.25) is 4.79 Å². The monoisotopic (exact) mass is 276 g/mol. The molecular formula is C15H24N4O. The standard InChI is InChI=1S/C15H24N4O/c1-3-11-6-5-7-19(10-11)15(20)12-8-13(4-2)17-14(9-12)18-16/h8-9,11H,3-7,10,16H2,1-2H3,(H,17,18). The molecule has 1 aromatic heterocycles. The third kappa shape index (κ3) is 3.28. The van der Waals surface area contributed by atoms with Gasteiger partial charge < -0.3 is 10.3 Å². The van der Waals surface area contributed by atoms with Crippen LogP contribution in [0.2, 0.25) is 0 Å². The van der Waals surface area contributed by atoms with Gasteiger partial charge in [-0.2, -0.15) is 0 Å². The van der Waals surface area contributed by atoms with Gasteiger partial charge in [0.1, 0.15) is 5.82 Å². The highest BCUT2D eigenvalue weighted by Gasteiger charge is 2.24. The second-order valence-electron chi connectivity index (χ2n) is 5.40. The molecule has 0 radical (unpaired) electrons. The molecule has 5 nitrogen and oxygen atoms in total. The third-order valence-electron chi connectivity index (χ3n) is 4.02. The summed E-state index contributed by atoms with van der Waals surface area (Å²) < 4.78 is 0. The zero-order valence-electron chi connectivity index (χ0n) is 12.4. The quantitative estimate of drug-likeness (QED) is 0.653. The molecule has 2 rings (SSSR count). The minimum absolute atomic E-state index is 0.0942. The molecule has 5 heteroatoms. The molecule has 1 atom stereocenters. The van der Waals surface area contributed by atoms with Crippen LogP contribution in [0.15, 0.2) is 12.1 Å². The Labute approximate surface area is 120 Å². The molecule has 1 aliphatic rings. The van der Waals surface area contributed by atoms with Crippen molar-refractivity contribution in [2.45, 2.75) is 39.5 Å². The van der Waals surface area contributed by atoms with Crippen molar-refractivity contribution in [3.05, 3.63) is 23.4 Å². The summed E-state index contributed by atoms with van der Waals surface area (Å²) in [6, 6.07) is 3.61. The number of aryl methyl sites for hydroxylation is 1. The van der Waals surface area contributed by atoms with Gasteiger partial charge >= 0.3 is 0 Å². The zero-order valence-corrected chi connectivity index (χ0v) is 12.4. The van der Waals surface area contributed by atoms with E-state index in [0.29, 0.717) is 17.3 Å². The summed E-state index contributed by atoms with van der Waals surface area (Å²) in [6.45, 7) is 5.93. The largest absolute Gasteiger partial charge is 0.338 e. The number of carbonyl (C=O) groups is 1. The molecule has 0 aromatic carbocycles. The van der Waals surface area contributed by atoms with Gasteiger partial charge in [-0.1, -0.05) is 20.3 Å². The maximum atomic E-state index is 12.6. The zero-order chi connectivity index (χ0) is 14.5. The molecular weight excluding hydrogens is 252 g/mol. The SMILES string of the molecule is CCc1cc(C(=O)N2CCCC(CC)C2)cc(NN)n1. The molecule has 1 aromatic rings. The highest BCUT2D eigenvalue weighted by atomic mass is 16.2. The van der Waals surface area contributed by atoms with E-state index in [0.717, 1.165) is 38.0 Å². The van der Waals surface area contributed by atoms with E-state index >= 15 is 0 Å². The fourth-order valence-corrected chi connectivity index (χ4v) is 2.73. The molecule has 20 heavy (non-hydrogen) atoms. The van der Waals surface area contributed by atoms with Crippen LogP contribution in [0.25, 0.3) is 0 Å². The van der Waals surface area contributed by atoms with Gasteiger partial charge in [-0.15, -0.1) is 0 Å². The highest BCUT2D eigenvalue weighted by molar-refractivity contribution is 5.95. The van der Waals surface area contributed by atoms with Gasteiger partial charge in [-0.05, 0) is 37.3 Å². The van der Waals surface area contributed by atoms with Crippen molar-refractivity contribution >= 4 is 11.7 Å². The molecule has 1 unspecified atom stereocenters. The van der Waals surface area contributed by atoms with Crippen LogP contribution in [0, 0.1) is 5.92 Å². The minimum Gasteiger partial charge on any atom is -0.338 e. The first-order chi connectivity index (χ1) is 9.67. The number of carbonyl (C=O) groups excluding carboxylic acids is 1. The number of amides is 1. The normalized spacial score (nSPS) is 18.9. The number of pyridine rings is 1. The molecule has 110 valence electrons. The number of hydrogen-bond acceptors (Lipinski definition) is 4. The van der Waals surface area contributed by atoms with Gasteiger partial charge in [0.2, 0.25) is 0 Å². The van der Waals surface area contributed by atoms with Crippen molar-refractivity contribution in [1.82, 2.24) is 9.88 Å². The maximum absolute atomic E-state index is 12.6. The predicted molar refractivity (Wildman–Crippen MR) is 80.3 cm³/mol. The number of nitrogens with one attached hydrogen (secondary N) is 1. The lowest BCUT2D eigenvalue weighted by Crippen LogP contribution is -2.39. The molecule has 1 fully saturated rings. The van der Waals surface area contributed by atoms with Crippen LogP contribution in [0.3, 0.4) is 0 Å². The van der Waals surface area contributed by atoms with Gasteiger partial charge in [0.25, 0.3) is 5.91 Å². The fourth-order valence-electron chi connectivity index (χ4n) is 2.73. The number of nitrogen functional groups attached to an aromatic ring is 1. The first-order valence-electron chi connectivity index (χ1n) is 7.44. The number of piperidine rings is 1. The topological polar surface area (TPSA) is 71.2 Å². The van der Waals surface area contributed by atoms with Crippen molar-refractivity contribution in [1.29, 1.82) is 0 Å². The van der Waals surface area contributed by atoms with Crippen LogP contribution in [0.5, 0.6) is 0 Å². The van der Waals surface area contributed by atoms with E-state index < -0.39 is 0 Å². The van der Waals surface area contributed by atoms with E-state index in [4.69, 9.17) is 5.84 Å². The number of anilines is 1. The summed E-state index contributed by atoms with van der Waals surface area (Å²) in [6.07, 6.45) is 4.24. The summed E-state index contributed by atoms with van der Waals surface area (Å²) in [5.41, 5.74) is 4.10. The summed E-state index contributed by atoms with van der Waals surface area (Å²) >= 11 is 0. The van der Waals surface area contributed by atoms with Crippen LogP contribution in [-0.2, 0) is 6.42 Å². The lowest BCUT2D eigenvalue weighted by Gasteiger charge is -2.32. The molecule has 0 saturated carbocycles. The lowest BCUT2D eigenvalue weighted by molar-refractivity contribution is 0.0671. The van der Waals surface area contributed by atoms with Gasteiger partial charge in [0, 0.05) is 24.3 Å². The lowest BCUT2D eigenvalue weighted by atomic mass is 9.95. The van der Waals surface area contributed by atoms with Crippen LogP contribution >= 0.6 is 0 Å². The summed E-state index contributed by atoms with van der Waals surface area (Å²) in [4.78, 5) is 18.9. The van der Waals surface area contributed by atoms with Gasteiger partial charge in [-0.25, -0.2) is 10.8 Å². The Bertz CT molecular complexity index is 453. The van der Waals surface area contributed by atoms with Crippen molar-refractivity contribution in [2.75, 3.05) is 18.5 Å². The van der Waals surface area contributed by atoms with Crippen molar-refractivity contribution in [2.24, 2.45) is 11.8 Å². The number of hydrogen-bond donors (Lipinski definition) is 2. The number of rotatable bonds is 4. The number of hydrazine groups is 1. The second-order valence-corrected chi connectivity index (χ2v) is 5.40. The fraction of sp³-hybridized carbons (Fsp3) is 0.600. The molecule has 0 bridgehead atoms. The van der Waals surface area contributed by atoms with Crippen molar-refractivity contribution < 1.29 is 4.79 Å². The first-order valence-corrected chi connectivity index (χ1v) is 7.44. The Balaban J connectivity index is 2.19. The average Bonchev–Trinajstić information content (AvgIpc) is 2.53. The third-order valence-corrected chi connectivity index (χ3v) is 4.02. The van der Waals surface area contributed by atoms with E-state index in [2.05, 4.69) is 17.3 Å². The van der Waals surface area contributed by atoms with E-state index in [9.17, 15) is 4.79 Å². The summed E-state index contributed by atoms with van der Waals surface area (Å²) in [7, 11) is 0. The molecule has 0 aliphatic carbocycles. The van der Waals surface area contributed by atoms with Crippen LogP contribution < -0.4 is 11.3 Å². The van der Waals surface area contributed by atoms with Crippen LogP contribution in [-0.4, -0.2) is 28.9 Å². The van der Waals surface area contributed by atoms with Gasteiger partial charge in [0.15, 0.2) is 0 Å². The Morgan fingerprint density at radius 3 is 2.95 bits per heavy atom. The van der Waals surface area contributed by atoms with Crippen molar-refractivity contribution in [3.63, 3.8) is 0 Å². The Hall–Kier alpha value is -1.62. The molecule has 0 spiro atoms. The molecule has 1 saturated heterocycles. The Morgan fingerprint density at radius 2 is 2.30 bits per heavy atom. The van der Waals surface area contributed by atoms with Crippen molar-refractivity contribution in [3.8, 4) is 0 Å². The smallest absolute Gasteiger partial charge is 0.254 e. The van der Waals surface area contributed by atoms with E-state index in [1.54, 1.807) is 6.07 Å². The van der Waals surface area contributed by atoms with Crippen LogP contribution in [0.4, 0.5) is 5.82 Å². The summed E-state index contributed by atoms with van der Waals surface area (Å²) in [5.74, 6) is 6.71. The maximum Gasteiger partial charge on any atom is 0.254 e.